The van der Waals surface area contributed by atoms with Crippen molar-refractivity contribution >= 4 is 17.2 Å². The third kappa shape index (κ3) is 4.92. The fourth-order valence-electron chi connectivity index (χ4n) is 3.23. The van der Waals surface area contributed by atoms with Crippen LogP contribution in [0, 0.1) is 0 Å². The molecule has 2 heterocycles. The number of benzene rings is 1. The highest BCUT2D eigenvalue weighted by Crippen LogP contribution is 2.26. The zero-order chi connectivity index (χ0) is 18.6. The maximum Gasteiger partial charge on any atom is 0.263 e. The van der Waals surface area contributed by atoms with Crippen molar-refractivity contribution in [2.45, 2.75) is 58.5 Å². The average molecular weight is 372 g/mol. The molecule has 1 fully saturated rings. The van der Waals surface area contributed by atoms with E-state index in [-0.39, 0.29) is 11.3 Å². The van der Waals surface area contributed by atoms with Crippen molar-refractivity contribution in [3.8, 4) is 0 Å². The van der Waals surface area contributed by atoms with E-state index in [1.807, 2.05) is 6.07 Å². The predicted octanol–water partition coefficient (Wildman–Crippen LogP) is 4.36. The number of rotatable bonds is 5. The second-order valence-corrected chi connectivity index (χ2v) is 9.10. The zero-order valence-electron chi connectivity index (χ0n) is 16.0. The maximum absolute atomic E-state index is 12.5. The summed E-state index contributed by atoms with van der Waals surface area (Å²) in [5, 5.41) is 4.06. The summed E-state index contributed by atoms with van der Waals surface area (Å²) in [6.45, 7) is 10.2. The van der Waals surface area contributed by atoms with Gasteiger partial charge in [0.05, 0.1) is 11.2 Å². The van der Waals surface area contributed by atoms with Crippen LogP contribution in [0.5, 0.6) is 0 Å². The number of piperidine rings is 1. The number of nitrogens with one attached hydrogen (secondary N) is 1. The Balaban J connectivity index is 1.62. The smallest absolute Gasteiger partial charge is 0.263 e. The summed E-state index contributed by atoms with van der Waals surface area (Å²) in [4.78, 5) is 20.1. The van der Waals surface area contributed by atoms with E-state index in [4.69, 9.17) is 0 Å². The van der Waals surface area contributed by atoms with Gasteiger partial charge in [-0.25, -0.2) is 4.98 Å². The van der Waals surface area contributed by atoms with Crippen LogP contribution in [-0.4, -0.2) is 28.9 Å². The molecule has 2 aromatic rings. The molecule has 4 nitrogen and oxygen atoms in total. The molecule has 1 aromatic heterocycles. The van der Waals surface area contributed by atoms with Gasteiger partial charge in [0.15, 0.2) is 0 Å². The van der Waals surface area contributed by atoms with Gasteiger partial charge in [-0.2, -0.15) is 0 Å². The number of carbonyl (C=O) groups excluding carboxylic acids is 1. The number of thiazole rings is 1. The van der Waals surface area contributed by atoms with Crippen molar-refractivity contribution in [3.63, 3.8) is 0 Å². The monoisotopic (exact) mass is 371 g/mol. The van der Waals surface area contributed by atoms with E-state index in [1.54, 1.807) is 6.20 Å². The molecule has 1 N–H and O–H groups in total. The molecule has 1 saturated heterocycles. The van der Waals surface area contributed by atoms with Crippen molar-refractivity contribution in [1.29, 1.82) is 0 Å². The van der Waals surface area contributed by atoms with Crippen molar-refractivity contribution in [3.05, 3.63) is 51.5 Å². The molecule has 1 aliphatic rings. The number of amides is 1. The summed E-state index contributed by atoms with van der Waals surface area (Å²) in [6, 6.07) is 8.43. The highest BCUT2D eigenvalue weighted by molar-refractivity contribution is 7.13. The molecule has 1 aliphatic heterocycles. The van der Waals surface area contributed by atoms with Crippen LogP contribution in [0.2, 0.25) is 0 Å². The number of nitrogens with zero attached hydrogens (tertiary/aromatic N) is 2. The molecule has 0 atom stereocenters. The number of likely N-dealkylation sites (tertiary alicyclic amines) is 1. The first kappa shape index (κ1) is 19.1. The summed E-state index contributed by atoms with van der Waals surface area (Å²) >= 11 is 1.48. The molecule has 0 aliphatic carbocycles. The van der Waals surface area contributed by atoms with Crippen molar-refractivity contribution < 1.29 is 4.79 Å². The Morgan fingerprint density at radius 2 is 1.85 bits per heavy atom. The molecule has 0 bridgehead atoms. The Morgan fingerprint density at radius 3 is 2.50 bits per heavy atom. The van der Waals surface area contributed by atoms with Gasteiger partial charge in [-0.3, -0.25) is 9.69 Å². The summed E-state index contributed by atoms with van der Waals surface area (Å²) in [7, 11) is 0. The van der Waals surface area contributed by atoms with Gasteiger partial charge in [0.1, 0.15) is 4.88 Å². The van der Waals surface area contributed by atoms with Gasteiger partial charge < -0.3 is 5.32 Å². The van der Waals surface area contributed by atoms with Crippen LogP contribution in [0.25, 0.3) is 0 Å². The van der Waals surface area contributed by atoms with Gasteiger partial charge in [-0.15, -0.1) is 11.3 Å². The van der Waals surface area contributed by atoms with E-state index in [1.165, 1.54) is 54.8 Å². The zero-order valence-corrected chi connectivity index (χ0v) is 16.9. The van der Waals surface area contributed by atoms with Gasteiger partial charge in [0, 0.05) is 18.5 Å². The molecule has 0 saturated carbocycles. The minimum Gasteiger partial charge on any atom is -0.347 e. The van der Waals surface area contributed by atoms with Crippen LogP contribution < -0.4 is 5.32 Å². The topological polar surface area (TPSA) is 45.2 Å². The van der Waals surface area contributed by atoms with E-state index >= 15 is 0 Å². The molecule has 5 heteroatoms. The molecular formula is C21H29N3OS. The summed E-state index contributed by atoms with van der Waals surface area (Å²) in [5.41, 5.74) is 2.49. The lowest BCUT2D eigenvalue weighted by atomic mass is 9.98. The van der Waals surface area contributed by atoms with E-state index in [2.05, 4.69) is 54.2 Å². The summed E-state index contributed by atoms with van der Waals surface area (Å²) in [6.07, 6.45) is 5.63. The van der Waals surface area contributed by atoms with E-state index in [0.717, 1.165) is 11.6 Å². The number of aromatic nitrogens is 1. The summed E-state index contributed by atoms with van der Waals surface area (Å²) in [5.74, 6) is -0.0363. The van der Waals surface area contributed by atoms with Gasteiger partial charge >= 0.3 is 0 Å². The Labute approximate surface area is 160 Å². The fraction of sp³-hybridized carbons (Fsp3) is 0.524. The number of hydrogen-bond acceptors (Lipinski definition) is 4. The SMILES string of the molecule is CC(C)(C)c1ncc(C(=O)NCc2ccccc2CN2CCCCC2)s1. The Hall–Kier alpha value is -1.72. The quantitative estimate of drug-likeness (QED) is 0.849. The van der Waals surface area contributed by atoms with E-state index < -0.39 is 0 Å². The first-order valence-electron chi connectivity index (χ1n) is 9.47. The number of carbonyl (C=O) groups is 1. The molecule has 140 valence electrons. The van der Waals surface area contributed by atoms with Crippen molar-refractivity contribution in [2.75, 3.05) is 13.1 Å². The van der Waals surface area contributed by atoms with Crippen LogP contribution >= 0.6 is 11.3 Å². The third-order valence-corrected chi connectivity index (χ3v) is 6.19. The van der Waals surface area contributed by atoms with Crippen LogP contribution in [0.1, 0.15) is 65.8 Å². The lowest BCUT2D eigenvalue weighted by molar-refractivity contribution is 0.0954. The molecule has 0 spiro atoms. The Morgan fingerprint density at radius 1 is 1.15 bits per heavy atom. The first-order chi connectivity index (χ1) is 12.4. The fourth-order valence-corrected chi connectivity index (χ4v) is 4.12. The molecule has 0 unspecified atom stereocenters. The molecule has 3 rings (SSSR count). The van der Waals surface area contributed by atoms with Gasteiger partial charge in [0.25, 0.3) is 5.91 Å². The minimum absolute atomic E-state index is 0.0236. The summed E-state index contributed by atoms with van der Waals surface area (Å²) < 4.78 is 0. The standard InChI is InChI=1S/C21H29N3OS/c1-21(2,3)20-23-14-18(26-20)19(25)22-13-16-9-5-6-10-17(16)15-24-11-7-4-8-12-24/h5-6,9-10,14H,4,7-8,11-13,15H2,1-3H3,(H,22,25). The molecule has 1 aromatic carbocycles. The molecule has 0 radical (unpaired) electrons. The first-order valence-corrected chi connectivity index (χ1v) is 10.3. The lowest BCUT2D eigenvalue weighted by Crippen LogP contribution is -2.30. The van der Waals surface area contributed by atoms with E-state index in [9.17, 15) is 4.79 Å². The molecule has 1 amide bonds. The lowest BCUT2D eigenvalue weighted by Gasteiger charge is -2.27. The van der Waals surface area contributed by atoms with E-state index in [0.29, 0.717) is 11.4 Å². The second-order valence-electron chi connectivity index (χ2n) is 8.07. The highest BCUT2D eigenvalue weighted by Gasteiger charge is 2.20. The molecular weight excluding hydrogens is 342 g/mol. The van der Waals surface area contributed by atoms with Crippen LogP contribution in [0.15, 0.2) is 30.5 Å². The molecule has 26 heavy (non-hydrogen) atoms. The highest BCUT2D eigenvalue weighted by atomic mass is 32.1. The van der Waals surface area contributed by atoms with Crippen molar-refractivity contribution in [1.82, 2.24) is 15.2 Å². The normalized spacial score (nSPS) is 15.8. The minimum atomic E-state index is -0.0363. The van der Waals surface area contributed by atoms with Gasteiger partial charge in [-0.1, -0.05) is 51.5 Å². The van der Waals surface area contributed by atoms with Crippen molar-refractivity contribution in [2.24, 2.45) is 0 Å². The maximum atomic E-state index is 12.5. The Bertz CT molecular complexity index is 742. The van der Waals surface area contributed by atoms with Crippen LogP contribution in [0.3, 0.4) is 0 Å². The average Bonchev–Trinajstić information content (AvgIpc) is 3.12. The van der Waals surface area contributed by atoms with Crippen LogP contribution in [0.4, 0.5) is 0 Å². The number of hydrogen-bond donors (Lipinski definition) is 1. The Kier molecular flexibility index (Phi) is 6.09. The van der Waals surface area contributed by atoms with Gasteiger partial charge in [0.2, 0.25) is 0 Å². The largest absolute Gasteiger partial charge is 0.347 e. The second kappa shape index (κ2) is 8.31. The van der Waals surface area contributed by atoms with Crippen LogP contribution in [-0.2, 0) is 18.5 Å². The van der Waals surface area contributed by atoms with Gasteiger partial charge in [-0.05, 0) is 37.1 Å². The predicted molar refractivity (Wildman–Crippen MR) is 108 cm³/mol. The third-order valence-electron chi connectivity index (χ3n) is 4.77.